The summed E-state index contributed by atoms with van der Waals surface area (Å²) in [4.78, 5) is 14.6. The zero-order valence-electron chi connectivity index (χ0n) is 12.1. The maximum Gasteiger partial charge on any atom is 0.229 e. The summed E-state index contributed by atoms with van der Waals surface area (Å²) in [5.74, 6) is 0.275. The van der Waals surface area contributed by atoms with Gasteiger partial charge in [-0.05, 0) is 19.9 Å². The maximum atomic E-state index is 12.5. The van der Waals surface area contributed by atoms with E-state index in [2.05, 4.69) is 19.2 Å². The fraction of sp³-hybridized carbons (Fsp3) is 0.929. The van der Waals surface area contributed by atoms with E-state index < -0.39 is 0 Å². The van der Waals surface area contributed by atoms with Crippen LogP contribution in [-0.4, -0.2) is 50.2 Å². The Morgan fingerprint density at radius 3 is 2.33 bits per heavy atom. The number of unbranched alkanes of at least 4 members (excludes halogenated alkanes) is 2. The standard InChI is InChI=1S/C14H28N2O2/c1-4-6-8-16(9-7-5-2)14(17)12-10-18-11-13(12)15-3/h12-13,15H,4-11H2,1-3H3. The van der Waals surface area contributed by atoms with Crippen molar-refractivity contribution in [2.45, 2.75) is 45.6 Å². The second-order valence-electron chi connectivity index (χ2n) is 5.07. The number of hydrogen-bond acceptors (Lipinski definition) is 3. The van der Waals surface area contributed by atoms with Gasteiger partial charge in [0.1, 0.15) is 0 Å². The van der Waals surface area contributed by atoms with Crippen molar-refractivity contribution in [3.8, 4) is 0 Å². The van der Waals surface area contributed by atoms with Crippen molar-refractivity contribution in [3.05, 3.63) is 0 Å². The van der Waals surface area contributed by atoms with Crippen LogP contribution in [0.3, 0.4) is 0 Å². The smallest absolute Gasteiger partial charge is 0.229 e. The predicted octanol–water partition coefficient (Wildman–Crippen LogP) is 1.65. The van der Waals surface area contributed by atoms with Crippen molar-refractivity contribution in [1.29, 1.82) is 0 Å². The first-order valence-electron chi connectivity index (χ1n) is 7.28. The highest BCUT2D eigenvalue weighted by atomic mass is 16.5. The average molecular weight is 256 g/mol. The van der Waals surface area contributed by atoms with Crippen LogP contribution in [0.1, 0.15) is 39.5 Å². The number of rotatable bonds is 8. The molecule has 4 nitrogen and oxygen atoms in total. The number of nitrogens with zero attached hydrogens (tertiary/aromatic N) is 1. The van der Waals surface area contributed by atoms with Crippen LogP contribution in [0.15, 0.2) is 0 Å². The number of amides is 1. The van der Waals surface area contributed by atoms with Gasteiger partial charge in [-0.2, -0.15) is 0 Å². The minimum Gasteiger partial charge on any atom is -0.379 e. The van der Waals surface area contributed by atoms with E-state index >= 15 is 0 Å². The summed E-state index contributed by atoms with van der Waals surface area (Å²) in [7, 11) is 1.90. The van der Waals surface area contributed by atoms with Crippen molar-refractivity contribution < 1.29 is 9.53 Å². The topological polar surface area (TPSA) is 41.6 Å². The zero-order chi connectivity index (χ0) is 13.4. The molecule has 1 rings (SSSR count). The molecule has 2 unspecified atom stereocenters. The number of carbonyl (C=O) groups excluding carboxylic acids is 1. The maximum absolute atomic E-state index is 12.5. The van der Waals surface area contributed by atoms with Gasteiger partial charge in [0.2, 0.25) is 5.91 Å². The van der Waals surface area contributed by atoms with Crippen LogP contribution in [0.4, 0.5) is 0 Å². The van der Waals surface area contributed by atoms with Gasteiger partial charge in [0.15, 0.2) is 0 Å². The molecule has 1 N–H and O–H groups in total. The fourth-order valence-electron chi connectivity index (χ4n) is 2.35. The van der Waals surface area contributed by atoms with Gasteiger partial charge in [-0.3, -0.25) is 4.79 Å². The normalized spacial score (nSPS) is 23.3. The Balaban J connectivity index is 2.56. The lowest BCUT2D eigenvalue weighted by Crippen LogP contribution is -2.45. The van der Waals surface area contributed by atoms with E-state index in [0.29, 0.717) is 13.2 Å². The molecule has 0 saturated carbocycles. The van der Waals surface area contributed by atoms with Crippen LogP contribution >= 0.6 is 0 Å². The highest BCUT2D eigenvalue weighted by molar-refractivity contribution is 5.80. The Morgan fingerprint density at radius 1 is 1.22 bits per heavy atom. The number of hydrogen-bond donors (Lipinski definition) is 1. The molecule has 4 heteroatoms. The zero-order valence-corrected chi connectivity index (χ0v) is 12.1. The van der Waals surface area contributed by atoms with Crippen molar-refractivity contribution in [3.63, 3.8) is 0 Å². The summed E-state index contributed by atoms with van der Waals surface area (Å²) in [5, 5.41) is 3.19. The largest absolute Gasteiger partial charge is 0.379 e. The molecule has 0 aromatic heterocycles. The molecule has 0 aromatic rings. The van der Waals surface area contributed by atoms with E-state index in [-0.39, 0.29) is 17.9 Å². The molecular formula is C14H28N2O2. The molecular weight excluding hydrogens is 228 g/mol. The van der Waals surface area contributed by atoms with Crippen LogP contribution < -0.4 is 5.32 Å². The first-order valence-corrected chi connectivity index (χ1v) is 7.28. The van der Waals surface area contributed by atoms with Crippen LogP contribution in [0.25, 0.3) is 0 Å². The van der Waals surface area contributed by atoms with E-state index in [0.717, 1.165) is 38.8 Å². The third kappa shape index (κ3) is 4.25. The minimum atomic E-state index is 0.00344. The molecule has 106 valence electrons. The Labute approximate surface area is 111 Å². The van der Waals surface area contributed by atoms with Crippen molar-refractivity contribution >= 4 is 5.91 Å². The molecule has 1 fully saturated rings. The summed E-state index contributed by atoms with van der Waals surface area (Å²) in [5.41, 5.74) is 0. The Morgan fingerprint density at radius 2 is 1.83 bits per heavy atom. The van der Waals surface area contributed by atoms with E-state index in [9.17, 15) is 4.79 Å². The second-order valence-corrected chi connectivity index (χ2v) is 5.07. The molecule has 1 amide bonds. The van der Waals surface area contributed by atoms with Crippen LogP contribution in [0, 0.1) is 5.92 Å². The number of likely N-dealkylation sites (N-methyl/N-ethyl adjacent to an activating group) is 1. The highest BCUT2D eigenvalue weighted by Crippen LogP contribution is 2.17. The van der Waals surface area contributed by atoms with Gasteiger partial charge in [0.05, 0.1) is 19.1 Å². The number of nitrogens with one attached hydrogen (secondary N) is 1. The quantitative estimate of drug-likeness (QED) is 0.718. The van der Waals surface area contributed by atoms with Crippen LogP contribution in [0.2, 0.25) is 0 Å². The number of ether oxygens (including phenoxy) is 1. The highest BCUT2D eigenvalue weighted by Gasteiger charge is 2.35. The monoisotopic (exact) mass is 256 g/mol. The second kappa shape index (κ2) is 8.48. The Bertz CT molecular complexity index is 238. The summed E-state index contributed by atoms with van der Waals surface area (Å²) < 4.78 is 5.43. The van der Waals surface area contributed by atoms with E-state index in [4.69, 9.17) is 4.74 Å². The third-order valence-corrected chi connectivity index (χ3v) is 3.64. The minimum absolute atomic E-state index is 0.00344. The van der Waals surface area contributed by atoms with Gasteiger partial charge in [-0.1, -0.05) is 26.7 Å². The molecule has 1 aliphatic heterocycles. The van der Waals surface area contributed by atoms with Crippen LogP contribution in [-0.2, 0) is 9.53 Å². The Hall–Kier alpha value is -0.610. The Kier molecular flexibility index (Phi) is 7.28. The molecule has 1 heterocycles. The molecule has 1 saturated heterocycles. The lowest BCUT2D eigenvalue weighted by molar-refractivity contribution is -0.136. The van der Waals surface area contributed by atoms with Crippen molar-refractivity contribution in [1.82, 2.24) is 10.2 Å². The first-order chi connectivity index (χ1) is 8.74. The third-order valence-electron chi connectivity index (χ3n) is 3.64. The fourth-order valence-corrected chi connectivity index (χ4v) is 2.35. The first kappa shape index (κ1) is 15.4. The molecule has 0 spiro atoms. The molecule has 0 bridgehead atoms. The van der Waals surface area contributed by atoms with Crippen molar-refractivity contribution in [2.75, 3.05) is 33.4 Å². The lowest BCUT2D eigenvalue weighted by Gasteiger charge is -2.27. The predicted molar refractivity (Wildman–Crippen MR) is 73.6 cm³/mol. The average Bonchev–Trinajstić information content (AvgIpc) is 2.86. The molecule has 2 atom stereocenters. The molecule has 18 heavy (non-hydrogen) atoms. The SMILES string of the molecule is CCCCN(CCCC)C(=O)C1COCC1NC. The molecule has 0 aromatic carbocycles. The molecule has 0 aliphatic carbocycles. The summed E-state index contributed by atoms with van der Waals surface area (Å²) in [6.07, 6.45) is 4.44. The summed E-state index contributed by atoms with van der Waals surface area (Å²) in [6.45, 7) is 7.33. The van der Waals surface area contributed by atoms with Crippen LogP contribution in [0.5, 0.6) is 0 Å². The van der Waals surface area contributed by atoms with Gasteiger partial charge in [0, 0.05) is 19.1 Å². The number of carbonyl (C=O) groups is 1. The van der Waals surface area contributed by atoms with E-state index in [1.807, 2.05) is 11.9 Å². The summed E-state index contributed by atoms with van der Waals surface area (Å²) >= 11 is 0. The van der Waals surface area contributed by atoms with Gasteiger partial charge >= 0.3 is 0 Å². The van der Waals surface area contributed by atoms with Gasteiger partial charge in [0.25, 0.3) is 0 Å². The molecule has 0 radical (unpaired) electrons. The molecule has 1 aliphatic rings. The van der Waals surface area contributed by atoms with E-state index in [1.165, 1.54) is 0 Å². The lowest BCUT2D eigenvalue weighted by atomic mass is 10.0. The van der Waals surface area contributed by atoms with Gasteiger partial charge in [-0.25, -0.2) is 0 Å². The summed E-state index contributed by atoms with van der Waals surface area (Å²) in [6, 6.07) is 0.184. The van der Waals surface area contributed by atoms with E-state index in [1.54, 1.807) is 0 Å². The van der Waals surface area contributed by atoms with Gasteiger partial charge in [-0.15, -0.1) is 0 Å². The van der Waals surface area contributed by atoms with Crippen molar-refractivity contribution in [2.24, 2.45) is 5.92 Å². The van der Waals surface area contributed by atoms with Gasteiger partial charge < -0.3 is 15.0 Å².